The Labute approximate surface area is 166 Å². The molecule has 2 heterocycles. The summed E-state index contributed by atoms with van der Waals surface area (Å²) in [5.41, 5.74) is 2.13. The Balaban J connectivity index is 1.89. The van der Waals surface area contributed by atoms with Gasteiger partial charge in [-0.1, -0.05) is 23.7 Å². The van der Waals surface area contributed by atoms with Gasteiger partial charge in [0.1, 0.15) is 5.82 Å². The lowest BCUT2D eigenvalue weighted by Crippen LogP contribution is -2.09. The molecule has 0 unspecified atom stereocenters. The van der Waals surface area contributed by atoms with Crippen LogP contribution in [0.25, 0.3) is 16.9 Å². The van der Waals surface area contributed by atoms with Crippen molar-refractivity contribution in [3.05, 3.63) is 62.2 Å². The van der Waals surface area contributed by atoms with Crippen molar-refractivity contribution in [1.29, 1.82) is 0 Å². The second kappa shape index (κ2) is 6.45. The number of hydrogen-bond donors (Lipinski definition) is 1. The molecule has 134 valence electrons. The Morgan fingerprint density at radius 3 is 2.54 bits per heavy atom. The van der Waals surface area contributed by atoms with Gasteiger partial charge in [0, 0.05) is 21.2 Å². The van der Waals surface area contributed by atoms with E-state index in [2.05, 4.69) is 33.0 Å². The van der Waals surface area contributed by atoms with Crippen molar-refractivity contribution in [2.75, 3.05) is 11.9 Å². The van der Waals surface area contributed by atoms with Crippen molar-refractivity contribution >= 4 is 40.0 Å². The molecular weight excluding hydrogens is 478 g/mol. The molecule has 1 aliphatic heterocycles. The van der Waals surface area contributed by atoms with Crippen molar-refractivity contribution in [2.45, 2.75) is 12.6 Å². The van der Waals surface area contributed by atoms with Crippen LogP contribution in [0.15, 0.2) is 42.5 Å². The Morgan fingerprint density at radius 1 is 1.12 bits per heavy atom. The van der Waals surface area contributed by atoms with Gasteiger partial charge < -0.3 is 5.32 Å². The van der Waals surface area contributed by atoms with Crippen LogP contribution in [0.2, 0.25) is 5.02 Å². The molecule has 1 aromatic heterocycles. The number of nitrogens with zero attached hydrogens (tertiary/aromatic N) is 2. The molecule has 1 aliphatic rings. The van der Waals surface area contributed by atoms with E-state index in [-0.39, 0.29) is 10.7 Å². The predicted molar refractivity (Wildman–Crippen MR) is 104 cm³/mol. The zero-order valence-electron chi connectivity index (χ0n) is 13.2. The zero-order valence-corrected chi connectivity index (χ0v) is 16.2. The molecule has 0 saturated carbocycles. The molecular formula is C18H12ClF3IN3. The number of benzene rings is 2. The normalized spacial score (nSPS) is 13.6. The van der Waals surface area contributed by atoms with Crippen molar-refractivity contribution in [1.82, 2.24) is 9.78 Å². The summed E-state index contributed by atoms with van der Waals surface area (Å²) in [6.07, 6.45) is -3.69. The largest absolute Gasteiger partial charge is 0.416 e. The van der Waals surface area contributed by atoms with Gasteiger partial charge in [-0.25, -0.2) is 4.68 Å². The first-order valence-corrected chi connectivity index (χ1v) is 9.29. The topological polar surface area (TPSA) is 29.9 Å². The highest BCUT2D eigenvalue weighted by atomic mass is 127. The van der Waals surface area contributed by atoms with E-state index in [1.54, 1.807) is 0 Å². The van der Waals surface area contributed by atoms with Crippen LogP contribution in [0.5, 0.6) is 0 Å². The summed E-state index contributed by atoms with van der Waals surface area (Å²) >= 11 is 8.42. The third kappa shape index (κ3) is 3.07. The van der Waals surface area contributed by atoms with Gasteiger partial charge in [-0.15, -0.1) is 0 Å². The van der Waals surface area contributed by atoms with E-state index < -0.39 is 11.7 Å². The van der Waals surface area contributed by atoms with Crippen molar-refractivity contribution in [3.8, 4) is 16.9 Å². The minimum absolute atomic E-state index is 0.212. The maximum atomic E-state index is 13.1. The summed E-state index contributed by atoms with van der Waals surface area (Å²) in [4.78, 5) is 0. The number of alkyl halides is 3. The first-order valence-electron chi connectivity index (χ1n) is 7.83. The molecule has 8 heteroatoms. The maximum absolute atomic E-state index is 13.1. The fraction of sp³-hybridized carbons (Fsp3) is 0.167. The highest BCUT2D eigenvalue weighted by Crippen LogP contribution is 2.38. The van der Waals surface area contributed by atoms with Crippen LogP contribution in [0.1, 0.15) is 11.1 Å². The number of fused-ring (bicyclic) bond motifs is 1. The van der Waals surface area contributed by atoms with E-state index in [1.807, 2.05) is 24.3 Å². The summed E-state index contributed by atoms with van der Waals surface area (Å²) in [6.45, 7) is 0.709. The Bertz CT molecular complexity index is 981. The van der Waals surface area contributed by atoms with Gasteiger partial charge in [-0.05, 0) is 59.3 Å². The lowest BCUT2D eigenvalue weighted by atomic mass is 10.1. The fourth-order valence-electron chi connectivity index (χ4n) is 3.04. The summed E-state index contributed by atoms with van der Waals surface area (Å²) in [7, 11) is 0. The van der Waals surface area contributed by atoms with Crippen LogP contribution in [-0.4, -0.2) is 16.3 Å². The molecule has 2 aromatic carbocycles. The van der Waals surface area contributed by atoms with Crippen LogP contribution in [0.4, 0.5) is 19.0 Å². The highest BCUT2D eigenvalue weighted by molar-refractivity contribution is 14.1. The van der Waals surface area contributed by atoms with Gasteiger partial charge in [0.2, 0.25) is 0 Å². The minimum Gasteiger partial charge on any atom is -0.369 e. The SMILES string of the molecule is FC(F)(F)c1ccc(Cl)c(-n2nc(-c3ccc(I)cc3)c3c2NCC3)c1. The molecule has 0 radical (unpaired) electrons. The second-order valence-corrected chi connectivity index (χ2v) is 7.59. The van der Waals surface area contributed by atoms with Crippen molar-refractivity contribution < 1.29 is 13.2 Å². The molecule has 1 N–H and O–H groups in total. The zero-order chi connectivity index (χ0) is 18.5. The molecule has 0 spiro atoms. The van der Waals surface area contributed by atoms with Gasteiger partial charge in [0.25, 0.3) is 0 Å². The molecule has 26 heavy (non-hydrogen) atoms. The van der Waals surface area contributed by atoms with E-state index in [1.165, 1.54) is 10.7 Å². The molecule has 0 amide bonds. The maximum Gasteiger partial charge on any atom is 0.416 e. The number of rotatable bonds is 2. The molecule has 3 nitrogen and oxygen atoms in total. The van der Waals surface area contributed by atoms with Gasteiger partial charge >= 0.3 is 6.18 Å². The Morgan fingerprint density at radius 2 is 1.85 bits per heavy atom. The quantitative estimate of drug-likeness (QED) is 0.462. The number of hydrogen-bond acceptors (Lipinski definition) is 2. The number of aromatic nitrogens is 2. The predicted octanol–water partition coefficient (Wildman–Crippen LogP) is 5.78. The summed E-state index contributed by atoms with van der Waals surface area (Å²) < 4.78 is 41.9. The molecule has 0 fully saturated rings. The minimum atomic E-state index is -4.44. The number of halogens is 5. The van der Waals surface area contributed by atoms with Crippen molar-refractivity contribution in [3.63, 3.8) is 0 Å². The first kappa shape index (κ1) is 17.7. The average Bonchev–Trinajstić information content (AvgIpc) is 3.18. The van der Waals surface area contributed by atoms with Crippen molar-refractivity contribution in [2.24, 2.45) is 0 Å². The Kier molecular flexibility index (Phi) is 4.38. The van der Waals surface area contributed by atoms with Crippen LogP contribution in [0, 0.1) is 3.57 Å². The summed E-state index contributed by atoms with van der Waals surface area (Å²) in [6, 6.07) is 11.1. The number of anilines is 1. The monoisotopic (exact) mass is 489 g/mol. The summed E-state index contributed by atoms with van der Waals surface area (Å²) in [5.74, 6) is 0.694. The van der Waals surface area contributed by atoms with E-state index in [0.29, 0.717) is 12.4 Å². The van der Waals surface area contributed by atoms with E-state index in [4.69, 9.17) is 11.6 Å². The van der Waals surface area contributed by atoms with Crippen LogP contribution < -0.4 is 5.32 Å². The van der Waals surface area contributed by atoms with Gasteiger partial charge in [-0.2, -0.15) is 18.3 Å². The van der Waals surface area contributed by atoms with Gasteiger partial charge in [0.05, 0.1) is 22.0 Å². The first-order chi connectivity index (χ1) is 12.3. The van der Waals surface area contributed by atoms with Crippen LogP contribution >= 0.6 is 34.2 Å². The lowest BCUT2D eigenvalue weighted by molar-refractivity contribution is -0.137. The molecule has 3 aromatic rings. The van der Waals surface area contributed by atoms with E-state index >= 15 is 0 Å². The lowest BCUT2D eigenvalue weighted by Gasteiger charge is -2.12. The molecule has 0 saturated heterocycles. The molecule has 0 atom stereocenters. The number of nitrogens with one attached hydrogen (secondary N) is 1. The van der Waals surface area contributed by atoms with Crippen LogP contribution in [0.3, 0.4) is 0 Å². The molecule has 0 aliphatic carbocycles. The highest BCUT2D eigenvalue weighted by Gasteiger charge is 2.32. The molecule has 4 rings (SSSR count). The smallest absolute Gasteiger partial charge is 0.369 e. The second-order valence-electron chi connectivity index (χ2n) is 5.94. The standard InChI is InChI=1S/C18H12ClF3IN3/c19-14-6-3-11(18(20,21)22)9-15(14)26-17-13(7-8-24-17)16(25-26)10-1-4-12(23)5-2-10/h1-6,9,24H,7-8H2. The van der Waals surface area contributed by atoms with Gasteiger partial charge in [0.15, 0.2) is 0 Å². The third-order valence-corrected chi connectivity index (χ3v) is 5.31. The fourth-order valence-corrected chi connectivity index (χ4v) is 3.60. The third-order valence-electron chi connectivity index (χ3n) is 4.27. The summed E-state index contributed by atoms with van der Waals surface area (Å²) in [5, 5.41) is 8.01. The van der Waals surface area contributed by atoms with E-state index in [0.717, 1.165) is 38.9 Å². The molecule has 0 bridgehead atoms. The van der Waals surface area contributed by atoms with Crippen LogP contribution in [-0.2, 0) is 12.6 Å². The van der Waals surface area contributed by atoms with E-state index in [9.17, 15) is 13.2 Å². The average molecular weight is 490 g/mol. The van der Waals surface area contributed by atoms with Gasteiger partial charge in [-0.3, -0.25) is 0 Å². The Hall–Kier alpha value is -1.74.